The van der Waals surface area contributed by atoms with Crippen LogP contribution in [0.5, 0.6) is 0 Å². The van der Waals surface area contributed by atoms with Gasteiger partial charge in [-0.1, -0.05) is 18.2 Å². The number of fused-ring (bicyclic) bond motifs is 2. The lowest BCUT2D eigenvalue weighted by atomic mass is 10.2. The average Bonchev–Trinajstić information content (AvgIpc) is 3.19. The minimum atomic E-state index is 0.103. The summed E-state index contributed by atoms with van der Waals surface area (Å²) in [7, 11) is 0. The van der Waals surface area contributed by atoms with Gasteiger partial charge in [0.2, 0.25) is 0 Å². The molecular formula is C20H21N3O2S. The number of ether oxygens (including phenoxy) is 1. The van der Waals surface area contributed by atoms with E-state index in [4.69, 9.17) is 4.74 Å². The molecule has 2 aromatic heterocycles. The van der Waals surface area contributed by atoms with Gasteiger partial charge in [0.05, 0.1) is 36.1 Å². The molecule has 1 aliphatic heterocycles. The van der Waals surface area contributed by atoms with Gasteiger partial charge in [-0.25, -0.2) is 4.98 Å². The quantitative estimate of drug-likeness (QED) is 0.690. The van der Waals surface area contributed by atoms with Crippen molar-refractivity contribution in [1.82, 2.24) is 14.5 Å². The van der Waals surface area contributed by atoms with Crippen LogP contribution in [-0.4, -0.2) is 40.1 Å². The highest BCUT2D eigenvalue weighted by atomic mass is 32.1. The van der Waals surface area contributed by atoms with E-state index in [0.717, 1.165) is 33.2 Å². The second kappa shape index (κ2) is 6.52. The summed E-state index contributed by atoms with van der Waals surface area (Å²) in [6, 6.07) is 10.3. The van der Waals surface area contributed by atoms with Gasteiger partial charge in [-0.2, -0.15) is 0 Å². The lowest BCUT2D eigenvalue weighted by Crippen LogP contribution is -2.42. The smallest absolute Gasteiger partial charge is 0.264 e. The maximum atomic E-state index is 13.1. The van der Waals surface area contributed by atoms with E-state index < -0.39 is 0 Å². The topological polar surface area (TPSA) is 47.4 Å². The lowest BCUT2D eigenvalue weighted by Gasteiger charge is -2.34. The molecule has 0 saturated heterocycles. The Balaban J connectivity index is 1.35. The largest absolute Gasteiger partial charge is 0.379 e. The van der Waals surface area contributed by atoms with Crippen LogP contribution in [0.1, 0.15) is 34.2 Å². The number of rotatable bonds is 5. The van der Waals surface area contributed by atoms with Gasteiger partial charge in [0, 0.05) is 24.0 Å². The van der Waals surface area contributed by atoms with Gasteiger partial charge >= 0.3 is 0 Å². The first-order chi connectivity index (χ1) is 12.8. The molecule has 3 heterocycles. The number of benzene rings is 1. The van der Waals surface area contributed by atoms with Crippen molar-refractivity contribution in [3.8, 4) is 0 Å². The number of thiophene rings is 1. The minimum Gasteiger partial charge on any atom is -0.379 e. The van der Waals surface area contributed by atoms with Crippen LogP contribution >= 0.6 is 11.3 Å². The predicted octanol–water partition coefficient (Wildman–Crippen LogP) is 3.72. The summed E-state index contributed by atoms with van der Waals surface area (Å²) in [5.74, 6) is 0.850. The molecule has 1 saturated carbocycles. The molecule has 1 amide bonds. The van der Waals surface area contributed by atoms with Crippen LogP contribution in [0.4, 0.5) is 0 Å². The van der Waals surface area contributed by atoms with E-state index in [0.29, 0.717) is 19.7 Å². The van der Waals surface area contributed by atoms with Gasteiger partial charge in [0.15, 0.2) is 0 Å². The van der Waals surface area contributed by atoms with Crippen LogP contribution in [0.3, 0.4) is 0 Å². The van der Waals surface area contributed by atoms with Gasteiger partial charge in [0.25, 0.3) is 5.91 Å². The SMILES string of the molecule is O=C(c1cc2ccccc2s1)N1Cc2cncn2[C@@H](COCC2CC2)C1. The van der Waals surface area contributed by atoms with Crippen molar-refractivity contribution in [3.63, 3.8) is 0 Å². The molecule has 1 fully saturated rings. The molecule has 0 radical (unpaired) electrons. The molecule has 3 aromatic rings. The molecule has 6 heteroatoms. The highest BCUT2D eigenvalue weighted by Gasteiger charge is 2.30. The van der Waals surface area contributed by atoms with Crippen molar-refractivity contribution >= 4 is 27.3 Å². The van der Waals surface area contributed by atoms with Gasteiger partial charge < -0.3 is 14.2 Å². The number of imidazole rings is 1. The van der Waals surface area contributed by atoms with Crippen molar-refractivity contribution in [2.24, 2.45) is 5.92 Å². The van der Waals surface area contributed by atoms with Crippen molar-refractivity contribution in [1.29, 1.82) is 0 Å². The zero-order valence-corrected chi connectivity index (χ0v) is 15.3. The second-order valence-electron chi connectivity index (χ2n) is 7.26. The summed E-state index contributed by atoms with van der Waals surface area (Å²) in [6.07, 6.45) is 6.30. The average molecular weight is 367 g/mol. The van der Waals surface area contributed by atoms with Gasteiger partial charge in [0.1, 0.15) is 0 Å². The Morgan fingerprint density at radius 3 is 3.00 bits per heavy atom. The molecular weight excluding hydrogens is 346 g/mol. The molecule has 1 aromatic carbocycles. The normalized spacial score (nSPS) is 19.7. The highest BCUT2D eigenvalue weighted by molar-refractivity contribution is 7.20. The van der Waals surface area contributed by atoms with Gasteiger partial charge in [-0.15, -0.1) is 11.3 Å². The number of aromatic nitrogens is 2. The Morgan fingerprint density at radius 2 is 2.15 bits per heavy atom. The van der Waals surface area contributed by atoms with Crippen molar-refractivity contribution in [2.45, 2.75) is 25.4 Å². The summed E-state index contributed by atoms with van der Waals surface area (Å²) < 4.78 is 9.24. The molecule has 5 rings (SSSR count). The Labute approximate surface area is 156 Å². The van der Waals surface area contributed by atoms with E-state index in [1.54, 1.807) is 11.3 Å². The Bertz CT molecular complexity index is 910. The Morgan fingerprint density at radius 1 is 1.27 bits per heavy atom. The van der Waals surface area contributed by atoms with E-state index in [1.165, 1.54) is 12.8 Å². The van der Waals surface area contributed by atoms with Crippen molar-refractivity contribution in [3.05, 3.63) is 53.4 Å². The molecule has 0 unspecified atom stereocenters. The van der Waals surface area contributed by atoms with Crippen LogP contribution < -0.4 is 0 Å². The third kappa shape index (κ3) is 3.04. The van der Waals surface area contributed by atoms with Crippen LogP contribution in [0.25, 0.3) is 10.1 Å². The molecule has 5 nitrogen and oxygen atoms in total. The van der Waals surface area contributed by atoms with E-state index >= 15 is 0 Å². The molecule has 0 spiro atoms. The molecule has 0 N–H and O–H groups in total. The first-order valence-corrected chi connectivity index (χ1v) is 9.96. The number of carbonyl (C=O) groups is 1. The number of nitrogens with zero attached hydrogens (tertiary/aromatic N) is 3. The number of amides is 1. The van der Waals surface area contributed by atoms with E-state index in [2.05, 4.69) is 21.7 Å². The molecule has 1 aliphatic carbocycles. The summed E-state index contributed by atoms with van der Waals surface area (Å²) in [6.45, 7) is 2.74. The maximum absolute atomic E-state index is 13.1. The van der Waals surface area contributed by atoms with E-state index in [9.17, 15) is 4.79 Å². The Hall–Kier alpha value is -2.18. The number of carbonyl (C=O) groups excluding carboxylic acids is 1. The monoisotopic (exact) mass is 367 g/mol. The molecule has 26 heavy (non-hydrogen) atoms. The summed E-state index contributed by atoms with van der Waals surface area (Å²) in [4.78, 5) is 20.1. The first-order valence-electron chi connectivity index (χ1n) is 9.14. The second-order valence-corrected chi connectivity index (χ2v) is 8.34. The maximum Gasteiger partial charge on any atom is 0.264 e. The molecule has 1 atom stereocenters. The Kier molecular flexibility index (Phi) is 4.02. The number of hydrogen-bond donors (Lipinski definition) is 0. The fraction of sp³-hybridized carbons (Fsp3) is 0.400. The van der Waals surface area contributed by atoms with Crippen molar-refractivity contribution in [2.75, 3.05) is 19.8 Å². The fourth-order valence-corrected chi connectivity index (χ4v) is 4.60. The van der Waals surface area contributed by atoms with Gasteiger partial charge in [-0.05, 0) is 36.3 Å². The molecule has 134 valence electrons. The first kappa shape index (κ1) is 16.0. The highest BCUT2D eigenvalue weighted by Crippen LogP contribution is 2.31. The lowest BCUT2D eigenvalue weighted by molar-refractivity contribution is 0.0502. The fourth-order valence-electron chi connectivity index (χ4n) is 3.57. The molecule has 2 aliphatic rings. The minimum absolute atomic E-state index is 0.103. The van der Waals surface area contributed by atoms with E-state index in [1.807, 2.05) is 35.6 Å². The van der Waals surface area contributed by atoms with E-state index in [-0.39, 0.29) is 11.9 Å². The standard InChI is InChI=1S/C20H21N3O2S/c24-20(19-7-15-3-1-2-4-18(15)26-19)22-9-16-8-21-13-23(16)17(10-22)12-25-11-14-5-6-14/h1-4,7-8,13-14,17H,5-6,9-12H2/t17-/m1/s1. The third-order valence-electron chi connectivity index (χ3n) is 5.21. The van der Waals surface area contributed by atoms with Crippen LogP contribution in [-0.2, 0) is 11.3 Å². The summed E-state index contributed by atoms with van der Waals surface area (Å²) in [5.41, 5.74) is 1.07. The summed E-state index contributed by atoms with van der Waals surface area (Å²) in [5, 5.41) is 1.13. The summed E-state index contributed by atoms with van der Waals surface area (Å²) >= 11 is 1.57. The predicted molar refractivity (Wildman–Crippen MR) is 101 cm³/mol. The van der Waals surface area contributed by atoms with Crippen molar-refractivity contribution < 1.29 is 9.53 Å². The molecule has 0 bridgehead atoms. The zero-order chi connectivity index (χ0) is 17.5. The van der Waals surface area contributed by atoms with Crippen LogP contribution in [0.2, 0.25) is 0 Å². The van der Waals surface area contributed by atoms with Crippen LogP contribution in [0, 0.1) is 5.92 Å². The van der Waals surface area contributed by atoms with Crippen LogP contribution in [0.15, 0.2) is 42.9 Å². The third-order valence-corrected chi connectivity index (χ3v) is 6.31. The van der Waals surface area contributed by atoms with Gasteiger partial charge in [-0.3, -0.25) is 4.79 Å². The number of hydrogen-bond acceptors (Lipinski definition) is 4. The zero-order valence-electron chi connectivity index (χ0n) is 14.5.